The minimum Gasteiger partial charge on any atom is -0.464 e. The van der Waals surface area contributed by atoms with Crippen molar-refractivity contribution >= 4 is 27.8 Å². The molecular weight excluding hydrogens is 372 g/mol. The van der Waals surface area contributed by atoms with E-state index in [0.717, 1.165) is 21.9 Å². The zero-order valence-electron chi connectivity index (χ0n) is 16.8. The SMILES string of the molecule is Cc1c(CCC(=O)Nn2cnnc2)c(=O)oc2cc3occ(C(C)(C)C)c3cc12. The van der Waals surface area contributed by atoms with E-state index >= 15 is 0 Å². The van der Waals surface area contributed by atoms with Gasteiger partial charge in [-0.1, -0.05) is 20.8 Å². The Labute approximate surface area is 166 Å². The molecule has 0 aliphatic heterocycles. The van der Waals surface area contributed by atoms with Crippen LogP contribution >= 0.6 is 0 Å². The summed E-state index contributed by atoms with van der Waals surface area (Å²) in [6.45, 7) is 8.26. The standard InChI is InChI=1S/C21H22N4O4/c1-12-13(5-6-19(26)24-25-10-22-23-11-25)20(27)29-18-8-17-15(7-14(12)18)16(9-28-17)21(2,3)4/h7-11H,5-6H2,1-4H3,(H,24,26). The predicted molar refractivity (Wildman–Crippen MR) is 108 cm³/mol. The van der Waals surface area contributed by atoms with Crippen LogP contribution in [-0.2, 0) is 16.6 Å². The monoisotopic (exact) mass is 394 g/mol. The van der Waals surface area contributed by atoms with Gasteiger partial charge in [-0.15, -0.1) is 10.2 Å². The Morgan fingerprint density at radius 2 is 1.86 bits per heavy atom. The van der Waals surface area contributed by atoms with Gasteiger partial charge in [0.25, 0.3) is 0 Å². The van der Waals surface area contributed by atoms with Crippen molar-refractivity contribution in [2.45, 2.75) is 46.0 Å². The predicted octanol–water partition coefficient (Wildman–Crippen LogP) is 3.44. The molecule has 29 heavy (non-hydrogen) atoms. The molecule has 0 unspecified atom stereocenters. The average molecular weight is 394 g/mol. The van der Waals surface area contributed by atoms with E-state index in [4.69, 9.17) is 8.83 Å². The normalized spacial score (nSPS) is 12.0. The maximum absolute atomic E-state index is 12.5. The van der Waals surface area contributed by atoms with E-state index in [1.807, 2.05) is 13.0 Å². The van der Waals surface area contributed by atoms with Crippen molar-refractivity contribution in [2.24, 2.45) is 0 Å². The molecule has 1 N–H and O–H groups in total. The Bertz CT molecular complexity index is 1260. The van der Waals surface area contributed by atoms with Gasteiger partial charge in [-0.05, 0) is 30.4 Å². The second-order valence-corrected chi connectivity index (χ2v) is 8.14. The number of rotatable bonds is 4. The highest BCUT2D eigenvalue weighted by Gasteiger charge is 2.21. The zero-order chi connectivity index (χ0) is 20.8. The Morgan fingerprint density at radius 3 is 2.55 bits per heavy atom. The molecule has 0 bridgehead atoms. The smallest absolute Gasteiger partial charge is 0.339 e. The van der Waals surface area contributed by atoms with Gasteiger partial charge in [-0.3, -0.25) is 10.2 Å². The summed E-state index contributed by atoms with van der Waals surface area (Å²) < 4.78 is 12.6. The number of furan rings is 1. The van der Waals surface area contributed by atoms with Crippen LogP contribution in [0.2, 0.25) is 0 Å². The first-order valence-electron chi connectivity index (χ1n) is 9.36. The van der Waals surface area contributed by atoms with E-state index in [9.17, 15) is 9.59 Å². The third kappa shape index (κ3) is 3.53. The van der Waals surface area contributed by atoms with Crippen LogP contribution in [0.15, 0.2) is 44.7 Å². The van der Waals surface area contributed by atoms with Gasteiger partial charge in [0.05, 0.1) is 6.26 Å². The van der Waals surface area contributed by atoms with E-state index < -0.39 is 5.63 Å². The summed E-state index contributed by atoms with van der Waals surface area (Å²) in [5.74, 6) is -0.246. The summed E-state index contributed by atoms with van der Waals surface area (Å²) in [7, 11) is 0. The second-order valence-electron chi connectivity index (χ2n) is 8.14. The van der Waals surface area contributed by atoms with Gasteiger partial charge in [-0.2, -0.15) is 0 Å². The maximum atomic E-state index is 12.5. The number of aryl methyl sites for hydroxylation is 1. The van der Waals surface area contributed by atoms with Crippen molar-refractivity contribution < 1.29 is 13.6 Å². The molecule has 0 radical (unpaired) electrons. The Balaban J connectivity index is 1.70. The largest absolute Gasteiger partial charge is 0.464 e. The number of carbonyl (C=O) groups excluding carboxylic acids is 1. The lowest BCUT2D eigenvalue weighted by Crippen LogP contribution is -2.23. The van der Waals surface area contributed by atoms with Crippen molar-refractivity contribution in [3.8, 4) is 0 Å². The Morgan fingerprint density at radius 1 is 1.14 bits per heavy atom. The molecule has 3 aromatic heterocycles. The van der Waals surface area contributed by atoms with Crippen molar-refractivity contribution in [1.29, 1.82) is 0 Å². The molecule has 0 saturated heterocycles. The number of amides is 1. The minimum absolute atomic E-state index is 0.0778. The number of nitrogens with zero attached hydrogens (tertiary/aromatic N) is 3. The van der Waals surface area contributed by atoms with Gasteiger partial charge in [0, 0.05) is 34.4 Å². The zero-order valence-corrected chi connectivity index (χ0v) is 16.8. The summed E-state index contributed by atoms with van der Waals surface area (Å²) in [6, 6.07) is 3.77. The van der Waals surface area contributed by atoms with E-state index in [1.165, 1.54) is 17.3 Å². The first-order valence-corrected chi connectivity index (χ1v) is 9.36. The van der Waals surface area contributed by atoms with E-state index in [-0.39, 0.29) is 24.2 Å². The highest BCUT2D eigenvalue weighted by atomic mass is 16.4. The van der Waals surface area contributed by atoms with Crippen LogP contribution in [0, 0.1) is 6.92 Å². The number of hydrogen-bond acceptors (Lipinski definition) is 6. The molecule has 150 valence electrons. The molecule has 3 heterocycles. The molecule has 0 saturated carbocycles. The minimum atomic E-state index is -0.436. The lowest BCUT2D eigenvalue weighted by Gasteiger charge is -2.16. The fourth-order valence-corrected chi connectivity index (χ4v) is 3.48. The fourth-order valence-electron chi connectivity index (χ4n) is 3.48. The Kier molecular flexibility index (Phi) is 4.49. The van der Waals surface area contributed by atoms with Gasteiger partial charge in [0.15, 0.2) is 0 Å². The molecule has 8 nitrogen and oxygen atoms in total. The van der Waals surface area contributed by atoms with Gasteiger partial charge >= 0.3 is 5.63 Å². The molecule has 1 aromatic carbocycles. The molecule has 0 atom stereocenters. The van der Waals surface area contributed by atoms with Crippen molar-refractivity contribution in [3.63, 3.8) is 0 Å². The summed E-state index contributed by atoms with van der Waals surface area (Å²) in [5, 5.41) is 9.10. The molecule has 0 spiro atoms. The lowest BCUT2D eigenvalue weighted by molar-refractivity contribution is -0.117. The van der Waals surface area contributed by atoms with E-state index in [2.05, 4.69) is 36.4 Å². The third-order valence-electron chi connectivity index (χ3n) is 5.06. The maximum Gasteiger partial charge on any atom is 0.339 e. The lowest BCUT2D eigenvalue weighted by atomic mass is 9.86. The van der Waals surface area contributed by atoms with Crippen LogP contribution < -0.4 is 11.1 Å². The topological polar surface area (TPSA) is 103 Å². The van der Waals surface area contributed by atoms with Gasteiger partial charge < -0.3 is 8.83 Å². The van der Waals surface area contributed by atoms with Gasteiger partial charge in [0.2, 0.25) is 5.91 Å². The van der Waals surface area contributed by atoms with E-state index in [0.29, 0.717) is 16.7 Å². The Hall–Kier alpha value is -3.42. The first kappa shape index (κ1) is 18.9. The average Bonchev–Trinajstić information content (AvgIpc) is 3.28. The number of fused-ring (bicyclic) bond motifs is 2. The third-order valence-corrected chi connectivity index (χ3v) is 5.06. The fraction of sp³-hybridized carbons (Fsp3) is 0.333. The van der Waals surface area contributed by atoms with Crippen LogP contribution in [0.1, 0.15) is 43.9 Å². The summed E-state index contributed by atoms with van der Waals surface area (Å²) in [5.41, 5.74) is 5.68. The summed E-state index contributed by atoms with van der Waals surface area (Å²) >= 11 is 0. The molecule has 0 fully saturated rings. The molecule has 0 aliphatic carbocycles. The number of nitrogens with one attached hydrogen (secondary N) is 1. The van der Waals surface area contributed by atoms with Crippen molar-refractivity contribution in [1.82, 2.24) is 14.9 Å². The summed E-state index contributed by atoms with van der Waals surface area (Å²) in [6.07, 6.45) is 4.93. The van der Waals surface area contributed by atoms with Crippen molar-refractivity contribution in [2.75, 3.05) is 5.43 Å². The number of hydrogen-bond donors (Lipinski definition) is 1. The van der Waals surface area contributed by atoms with Crippen LogP contribution in [0.3, 0.4) is 0 Å². The summed E-state index contributed by atoms with van der Waals surface area (Å²) in [4.78, 5) is 24.7. The van der Waals surface area contributed by atoms with Crippen LogP contribution in [0.5, 0.6) is 0 Å². The molecule has 1 amide bonds. The van der Waals surface area contributed by atoms with Crippen LogP contribution in [-0.4, -0.2) is 20.8 Å². The van der Waals surface area contributed by atoms with Crippen LogP contribution in [0.4, 0.5) is 0 Å². The highest BCUT2D eigenvalue weighted by Crippen LogP contribution is 2.35. The van der Waals surface area contributed by atoms with Gasteiger partial charge in [0.1, 0.15) is 23.8 Å². The van der Waals surface area contributed by atoms with E-state index in [1.54, 1.807) is 12.3 Å². The second kappa shape index (κ2) is 6.88. The molecule has 4 rings (SSSR count). The first-order chi connectivity index (χ1) is 13.7. The molecule has 0 aliphatic rings. The molecule has 4 aromatic rings. The van der Waals surface area contributed by atoms with Gasteiger partial charge in [-0.25, -0.2) is 9.47 Å². The number of benzene rings is 1. The van der Waals surface area contributed by atoms with Crippen molar-refractivity contribution in [3.05, 3.63) is 58.2 Å². The highest BCUT2D eigenvalue weighted by molar-refractivity contribution is 5.97. The number of carbonyl (C=O) groups is 1. The molecule has 8 heteroatoms. The quantitative estimate of drug-likeness (QED) is 0.532. The van der Waals surface area contributed by atoms with Crippen LogP contribution in [0.25, 0.3) is 21.9 Å². The molecular formula is C21H22N4O4. The number of aromatic nitrogens is 3.